The van der Waals surface area contributed by atoms with Crippen molar-refractivity contribution in [3.05, 3.63) is 66.7 Å². The fraction of sp³-hybridized carbons (Fsp3) is 0.320. The van der Waals surface area contributed by atoms with Crippen LogP contribution in [-0.4, -0.2) is 64.1 Å². The second-order valence-electron chi connectivity index (χ2n) is 8.21. The molecule has 1 aliphatic heterocycles. The number of piperidine rings is 1. The van der Waals surface area contributed by atoms with Gasteiger partial charge in [0, 0.05) is 44.7 Å². The van der Waals surface area contributed by atoms with Gasteiger partial charge in [0.1, 0.15) is 5.82 Å². The maximum absolute atomic E-state index is 12.9. The van der Waals surface area contributed by atoms with Crippen LogP contribution in [-0.2, 0) is 9.59 Å². The van der Waals surface area contributed by atoms with Gasteiger partial charge in [-0.15, -0.1) is 0 Å². The van der Waals surface area contributed by atoms with E-state index in [2.05, 4.69) is 10.2 Å². The molecule has 0 radical (unpaired) electrons. The summed E-state index contributed by atoms with van der Waals surface area (Å²) in [5.41, 5.74) is 2.69. The number of benzene rings is 2. The van der Waals surface area contributed by atoms with E-state index in [1.807, 2.05) is 73.8 Å². The fourth-order valence-electron chi connectivity index (χ4n) is 4.09. The van der Waals surface area contributed by atoms with E-state index < -0.39 is 0 Å². The van der Waals surface area contributed by atoms with Crippen LogP contribution in [0, 0.1) is 0 Å². The standard InChI is InChI=1S/C25H29N5O2/c1-19(31)28(2)21-13-15-29(16-14-21)18-25(32)26-24-17-23(20-9-5-3-6-10-20)27-30(24)22-11-7-4-8-12-22/h3-12,17,21H,13-16,18H2,1-2H3,(H,26,32). The number of amides is 2. The van der Waals surface area contributed by atoms with E-state index in [0.717, 1.165) is 42.9 Å². The average Bonchev–Trinajstić information content (AvgIpc) is 3.24. The van der Waals surface area contributed by atoms with Gasteiger partial charge in [-0.2, -0.15) is 5.10 Å². The van der Waals surface area contributed by atoms with Gasteiger partial charge in [0.25, 0.3) is 0 Å². The highest BCUT2D eigenvalue weighted by atomic mass is 16.2. The monoisotopic (exact) mass is 431 g/mol. The number of carbonyl (C=O) groups excluding carboxylic acids is 2. The molecule has 2 heterocycles. The van der Waals surface area contributed by atoms with Crippen molar-refractivity contribution in [2.45, 2.75) is 25.8 Å². The van der Waals surface area contributed by atoms with Crippen molar-refractivity contribution in [2.24, 2.45) is 0 Å². The van der Waals surface area contributed by atoms with Gasteiger partial charge in [0.05, 0.1) is 17.9 Å². The van der Waals surface area contributed by atoms with Gasteiger partial charge in [-0.05, 0) is 25.0 Å². The predicted molar refractivity (Wildman–Crippen MR) is 126 cm³/mol. The summed E-state index contributed by atoms with van der Waals surface area (Å²) in [5.74, 6) is 0.663. The summed E-state index contributed by atoms with van der Waals surface area (Å²) >= 11 is 0. The van der Waals surface area contributed by atoms with Crippen LogP contribution in [0.2, 0.25) is 0 Å². The summed E-state index contributed by atoms with van der Waals surface area (Å²) in [4.78, 5) is 28.4. The van der Waals surface area contributed by atoms with Crippen LogP contribution in [0.5, 0.6) is 0 Å². The zero-order valence-corrected chi connectivity index (χ0v) is 18.6. The molecule has 0 atom stereocenters. The molecule has 7 heteroatoms. The third kappa shape index (κ3) is 5.06. The van der Waals surface area contributed by atoms with Crippen molar-refractivity contribution < 1.29 is 9.59 Å². The molecule has 0 saturated carbocycles. The van der Waals surface area contributed by atoms with Gasteiger partial charge in [0.15, 0.2) is 0 Å². The van der Waals surface area contributed by atoms with Gasteiger partial charge in [-0.1, -0.05) is 48.5 Å². The van der Waals surface area contributed by atoms with Gasteiger partial charge in [-0.25, -0.2) is 4.68 Å². The molecule has 3 aromatic rings. The van der Waals surface area contributed by atoms with E-state index in [0.29, 0.717) is 12.4 Å². The molecule has 0 aliphatic carbocycles. The Morgan fingerprint density at radius 1 is 1.03 bits per heavy atom. The Labute approximate surface area is 188 Å². The maximum atomic E-state index is 12.9. The topological polar surface area (TPSA) is 70.5 Å². The zero-order valence-electron chi connectivity index (χ0n) is 18.6. The molecule has 0 bridgehead atoms. The highest BCUT2D eigenvalue weighted by Gasteiger charge is 2.25. The number of hydrogen-bond donors (Lipinski definition) is 1. The SMILES string of the molecule is CC(=O)N(C)C1CCN(CC(=O)Nc2cc(-c3ccccc3)nn2-c2ccccc2)CC1. The lowest BCUT2D eigenvalue weighted by molar-refractivity contribution is -0.130. The van der Waals surface area contributed by atoms with Crippen LogP contribution in [0.4, 0.5) is 5.82 Å². The van der Waals surface area contributed by atoms with Crippen molar-refractivity contribution >= 4 is 17.6 Å². The summed E-state index contributed by atoms with van der Waals surface area (Å²) in [6.45, 7) is 3.50. The molecule has 0 spiro atoms. The Bertz CT molecular complexity index is 1060. The largest absolute Gasteiger partial charge is 0.343 e. The minimum Gasteiger partial charge on any atom is -0.343 e. The van der Waals surface area contributed by atoms with Gasteiger partial charge in [0.2, 0.25) is 11.8 Å². The van der Waals surface area contributed by atoms with E-state index in [9.17, 15) is 9.59 Å². The number of likely N-dealkylation sites (tertiary alicyclic amines) is 1. The van der Waals surface area contributed by atoms with Crippen molar-refractivity contribution in [1.29, 1.82) is 0 Å². The summed E-state index contributed by atoms with van der Waals surface area (Å²) in [7, 11) is 1.85. The molecule has 1 aromatic heterocycles. The molecule has 2 amide bonds. The highest BCUT2D eigenvalue weighted by molar-refractivity contribution is 5.92. The van der Waals surface area contributed by atoms with Crippen molar-refractivity contribution in [1.82, 2.24) is 19.6 Å². The van der Waals surface area contributed by atoms with Crippen LogP contribution >= 0.6 is 0 Å². The quantitative estimate of drug-likeness (QED) is 0.649. The van der Waals surface area contributed by atoms with E-state index in [1.54, 1.807) is 16.5 Å². The van der Waals surface area contributed by atoms with Crippen molar-refractivity contribution in [3.8, 4) is 16.9 Å². The highest BCUT2D eigenvalue weighted by Crippen LogP contribution is 2.25. The Balaban J connectivity index is 1.46. The third-order valence-corrected chi connectivity index (χ3v) is 6.02. The molecule has 2 aromatic carbocycles. The molecule has 1 fully saturated rings. The molecule has 32 heavy (non-hydrogen) atoms. The molecule has 4 rings (SSSR count). The van der Waals surface area contributed by atoms with Gasteiger partial charge >= 0.3 is 0 Å². The van der Waals surface area contributed by atoms with Crippen LogP contribution in [0.25, 0.3) is 16.9 Å². The lowest BCUT2D eigenvalue weighted by atomic mass is 10.0. The normalized spacial score (nSPS) is 14.8. The third-order valence-electron chi connectivity index (χ3n) is 6.02. The summed E-state index contributed by atoms with van der Waals surface area (Å²) in [6.07, 6.45) is 1.76. The molecule has 1 saturated heterocycles. The number of para-hydroxylation sites is 1. The second kappa shape index (κ2) is 9.78. The zero-order chi connectivity index (χ0) is 22.5. The van der Waals surface area contributed by atoms with E-state index in [1.165, 1.54) is 0 Å². The Morgan fingerprint density at radius 3 is 2.28 bits per heavy atom. The second-order valence-corrected chi connectivity index (χ2v) is 8.21. The number of aromatic nitrogens is 2. The molecule has 166 valence electrons. The average molecular weight is 432 g/mol. The first-order chi connectivity index (χ1) is 15.5. The number of hydrogen-bond acceptors (Lipinski definition) is 4. The number of anilines is 1. The smallest absolute Gasteiger partial charge is 0.239 e. The van der Waals surface area contributed by atoms with Crippen molar-refractivity contribution in [2.75, 3.05) is 32.0 Å². The number of rotatable bonds is 6. The molecular weight excluding hydrogens is 402 g/mol. The van der Waals surface area contributed by atoms with Crippen LogP contribution < -0.4 is 5.32 Å². The molecule has 0 unspecified atom stereocenters. The Morgan fingerprint density at radius 2 is 1.66 bits per heavy atom. The first kappa shape index (κ1) is 21.8. The summed E-state index contributed by atoms with van der Waals surface area (Å²) < 4.78 is 1.77. The Hall–Kier alpha value is -3.45. The predicted octanol–water partition coefficient (Wildman–Crippen LogP) is 3.42. The van der Waals surface area contributed by atoms with Gasteiger partial charge in [-0.3, -0.25) is 14.5 Å². The van der Waals surface area contributed by atoms with Crippen LogP contribution in [0.3, 0.4) is 0 Å². The summed E-state index contributed by atoms with van der Waals surface area (Å²) in [5, 5.41) is 7.80. The minimum absolute atomic E-state index is 0.0694. The first-order valence-corrected chi connectivity index (χ1v) is 11.0. The lowest BCUT2D eigenvalue weighted by Gasteiger charge is -2.36. The van der Waals surface area contributed by atoms with E-state index in [-0.39, 0.29) is 17.9 Å². The van der Waals surface area contributed by atoms with E-state index in [4.69, 9.17) is 5.10 Å². The fourth-order valence-corrected chi connectivity index (χ4v) is 4.09. The number of carbonyl (C=O) groups is 2. The number of nitrogens with zero attached hydrogens (tertiary/aromatic N) is 4. The minimum atomic E-state index is -0.0694. The lowest BCUT2D eigenvalue weighted by Crippen LogP contribution is -2.46. The van der Waals surface area contributed by atoms with Gasteiger partial charge < -0.3 is 10.2 Å². The molecule has 1 N–H and O–H groups in total. The first-order valence-electron chi connectivity index (χ1n) is 11.0. The van der Waals surface area contributed by atoms with Crippen LogP contribution in [0.15, 0.2) is 66.7 Å². The number of nitrogens with one attached hydrogen (secondary N) is 1. The molecule has 7 nitrogen and oxygen atoms in total. The molecular formula is C25H29N5O2. The van der Waals surface area contributed by atoms with Crippen LogP contribution in [0.1, 0.15) is 19.8 Å². The maximum Gasteiger partial charge on any atom is 0.239 e. The van der Waals surface area contributed by atoms with Crippen molar-refractivity contribution in [3.63, 3.8) is 0 Å². The molecule has 1 aliphatic rings. The van der Waals surface area contributed by atoms with E-state index >= 15 is 0 Å². The summed E-state index contributed by atoms with van der Waals surface area (Å²) in [6, 6.07) is 21.9. The Kier molecular flexibility index (Phi) is 6.66.